The van der Waals surface area contributed by atoms with Crippen LogP contribution in [0.2, 0.25) is 0 Å². The van der Waals surface area contributed by atoms with E-state index >= 15 is 0 Å². The molecule has 2 unspecified atom stereocenters. The molecule has 9 heteroatoms. The van der Waals surface area contributed by atoms with E-state index in [0.29, 0.717) is 31.6 Å². The van der Waals surface area contributed by atoms with Crippen molar-refractivity contribution in [1.82, 2.24) is 9.80 Å². The van der Waals surface area contributed by atoms with E-state index in [0.717, 1.165) is 12.8 Å². The molecule has 1 N–H and O–H groups in total. The Labute approximate surface area is 178 Å². The average molecular weight is 436 g/mol. The Bertz CT molecular complexity index is 894. The predicted molar refractivity (Wildman–Crippen MR) is 111 cm³/mol. The fourth-order valence-electron chi connectivity index (χ4n) is 4.13. The molecule has 30 heavy (non-hydrogen) atoms. The van der Waals surface area contributed by atoms with Gasteiger partial charge in [0.25, 0.3) is 0 Å². The second kappa shape index (κ2) is 8.92. The number of likely N-dealkylation sites (tertiary alicyclic amines) is 1. The zero-order valence-electron chi connectivity index (χ0n) is 17.5. The summed E-state index contributed by atoms with van der Waals surface area (Å²) in [5, 5.41) is 18.1. The van der Waals surface area contributed by atoms with Crippen molar-refractivity contribution in [3.05, 3.63) is 29.8 Å². The van der Waals surface area contributed by atoms with Crippen molar-refractivity contribution in [3.8, 4) is 6.07 Å². The number of ether oxygens (including phenoxy) is 1. The number of piperazine rings is 1. The van der Waals surface area contributed by atoms with E-state index in [1.54, 1.807) is 18.7 Å². The summed E-state index contributed by atoms with van der Waals surface area (Å²) in [6.07, 6.45) is 2.05. The molecule has 0 aromatic heterocycles. The molecule has 0 radical (unpaired) electrons. The van der Waals surface area contributed by atoms with Crippen LogP contribution >= 0.6 is 0 Å². The summed E-state index contributed by atoms with van der Waals surface area (Å²) in [5.74, 6) is 0.0469. The molecule has 1 amide bonds. The van der Waals surface area contributed by atoms with Crippen LogP contribution in [0.1, 0.15) is 38.7 Å². The molecule has 2 atom stereocenters. The second-order valence-electron chi connectivity index (χ2n) is 8.62. The minimum atomic E-state index is -3.39. The number of nitriles is 1. The van der Waals surface area contributed by atoms with E-state index in [1.165, 1.54) is 24.3 Å². The molecule has 2 bridgehead atoms. The van der Waals surface area contributed by atoms with Crippen LogP contribution in [-0.2, 0) is 14.6 Å². The Balaban J connectivity index is 1.53. The molecular weight excluding hydrogens is 406 g/mol. The van der Waals surface area contributed by atoms with Crippen molar-refractivity contribution >= 4 is 15.9 Å². The van der Waals surface area contributed by atoms with Gasteiger partial charge in [0, 0.05) is 25.2 Å². The summed E-state index contributed by atoms with van der Waals surface area (Å²) in [6.45, 7) is 4.88. The van der Waals surface area contributed by atoms with Crippen LogP contribution in [0.4, 0.5) is 4.79 Å². The van der Waals surface area contributed by atoms with Gasteiger partial charge < -0.3 is 14.7 Å². The summed E-state index contributed by atoms with van der Waals surface area (Å²) < 4.78 is 30.5. The summed E-state index contributed by atoms with van der Waals surface area (Å²) in [4.78, 5) is 16.7. The number of carbonyl (C=O) groups excluding carboxylic acids is 1. The van der Waals surface area contributed by atoms with Gasteiger partial charge >= 0.3 is 6.09 Å². The average Bonchev–Trinajstić information content (AvgIpc) is 2.95. The molecule has 0 aliphatic carbocycles. The zero-order valence-corrected chi connectivity index (χ0v) is 18.3. The number of aliphatic hydroxyl groups excluding tert-OH is 1. The molecule has 2 aliphatic rings. The molecule has 8 nitrogen and oxygen atoms in total. The number of carbonyl (C=O) groups is 1. The molecule has 0 saturated carbocycles. The van der Waals surface area contributed by atoms with Gasteiger partial charge in [-0.15, -0.1) is 0 Å². The normalized spacial score (nSPS) is 22.0. The highest BCUT2D eigenvalue weighted by molar-refractivity contribution is 7.91. The number of rotatable bonds is 7. The summed E-state index contributed by atoms with van der Waals surface area (Å²) in [6, 6.07) is 8.38. The van der Waals surface area contributed by atoms with Crippen molar-refractivity contribution in [2.75, 3.05) is 32.0 Å². The van der Waals surface area contributed by atoms with Crippen LogP contribution in [-0.4, -0.2) is 79.1 Å². The number of nitrogens with zero attached hydrogens (tertiary/aromatic N) is 3. The van der Waals surface area contributed by atoms with Gasteiger partial charge in [-0.1, -0.05) is 0 Å². The lowest BCUT2D eigenvalue weighted by Crippen LogP contribution is -2.56. The lowest BCUT2D eigenvalue weighted by molar-refractivity contribution is -0.0323. The maximum atomic E-state index is 12.6. The molecule has 1 aromatic rings. The largest absolute Gasteiger partial charge is 0.441 e. The maximum absolute atomic E-state index is 12.6. The fraction of sp³-hybridized carbons (Fsp3) is 0.619. The van der Waals surface area contributed by atoms with Crippen molar-refractivity contribution in [2.45, 2.75) is 55.7 Å². The van der Waals surface area contributed by atoms with Crippen molar-refractivity contribution < 1.29 is 23.1 Å². The SMILES string of the molecule is CC(C)(CO)OC(=O)N1CC2CCC(C1)N2CCCS(=O)(=O)c1ccc(C#N)cc1. The lowest BCUT2D eigenvalue weighted by Gasteiger charge is -2.41. The Hall–Kier alpha value is -2.15. The van der Waals surface area contributed by atoms with Gasteiger partial charge in [-0.2, -0.15) is 5.26 Å². The molecule has 1 aromatic carbocycles. The fourth-order valence-corrected chi connectivity index (χ4v) is 5.43. The molecular formula is C21H29N3O5S. The monoisotopic (exact) mass is 435 g/mol. The van der Waals surface area contributed by atoms with E-state index in [4.69, 9.17) is 10.00 Å². The van der Waals surface area contributed by atoms with Crippen molar-refractivity contribution in [1.29, 1.82) is 5.26 Å². The van der Waals surface area contributed by atoms with Gasteiger partial charge in [-0.25, -0.2) is 13.2 Å². The lowest BCUT2D eigenvalue weighted by atomic mass is 10.1. The number of aliphatic hydroxyl groups is 1. The summed E-state index contributed by atoms with van der Waals surface area (Å²) in [5.41, 5.74) is -0.475. The van der Waals surface area contributed by atoms with Gasteiger partial charge in [0.05, 0.1) is 28.9 Å². The summed E-state index contributed by atoms with van der Waals surface area (Å²) >= 11 is 0. The Morgan fingerprint density at radius 1 is 1.23 bits per heavy atom. The molecule has 2 heterocycles. The molecule has 3 rings (SSSR count). The smallest absolute Gasteiger partial charge is 0.410 e. The van der Waals surface area contributed by atoms with Crippen LogP contribution in [0, 0.1) is 11.3 Å². The minimum Gasteiger partial charge on any atom is -0.441 e. The number of amides is 1. The molecule has 164 valence electrons. The highest BCUT2D eigenvalue weighted by Gasteiger charge is 2.42. The maximum Gasteiger partial charge on any atom is 0.410 e. The van der Waals surface area contributed by atoms with E-state index in [-0.39, 0.29) is 29.3 Å². The standard InChI is InChI=1S/C21H29N3O5S/c1-21(2,15-25)29-20(26)23-13-17-6-7-18(14-23)24(17)10-3-11-30(27,28)19-8-4-16(12-22)5-9-19/h4-5,8-9,17-18,25H,3,6-7,10-11,13-15H2,1-2H3. The van der Waals surface area contributed by atoms with Crippen LogP contribution < -0.4 is 0 Å². The number of sulfone groups is 1. The van der Waals surface area contributed by atoms with Gasteiger partial charge in [0.1, 0.15) is 5.60 Å². The van der Waals surface area contributed by atoms with E-state index < -0.39 is 21.5 Å². The first-order chi connectivity index (χ1) is 14.1. The summed E-state index contributed by atoms with van der Waals surface area (Å²) in [7, 11) is -3.39. The number of fused-ring (bicyclic) bond motifs is 2. The highest BCUT2D eigenvalue weighted by atomic mass is 32.2. The minimum absolute atomic E-state index is 0.0469. The third kappa shape index (κ3) is 5.12. The second-order valence-corrected chi connectivity index (χ2v) is 10.7. The highest BCUT2D eigenvalue weighted by Crippen LogP contribution is 2.31. The van der Waals surface area contributed by atoms with Gasteiger partial charge in [-0.3, -0.25) is 4.90 Å². The third-order valence-electron chi connectivity index (χ3n) is 5.81. The molecule has 2 fully saturated rings. The first-order valence-corrected chi connectivity index (χ1v) is 11.9. The topological polar surface area (TPSA) is 111 Å². The van der Waals surface area contributed by atoms with Crippen molar-refractivity contribution in [2.24, 2.45) is 0 Å². The molecule has 2 aliphatic heterocycles. The van der Waals surface area contributed by atoms with Gasteiger partial charge in [-0.05, 0) is 63.9 Å². The number of hydrogen-bond acceptors (Lipinski definition) is 7. The number of benzene rings is 1. The van der Waals surface area contributed by atoms with E-state index in [1.807, 2.05) is 6.07 Å². The molecule has 2 saturated heterocycles. The molecule has 0 spiro atoms. The Kier molecular flexibility index (Phi) is 6.70. The predicted octanol–water partition coefficient (Wildman–Crippen LogP) is 1.78. The first kappa shape index (κ1) is 22.5. The first-order valence-electron chi connectivity index (χ1n) is 10.2. The van der Waals surface area contributed by atoms with Gasteiger partial charge in [0.2, 0.25) is 0 Å². The van der Waals surface area contributed by atoms with Crippen LogP contribution in [0.3, 0.4) is 0 Å². The van der Waals surface area contributed by atoms with Crippen LogP contribution in [0.25, 0.3) is 0 Å². The van der Waals surface area contributed by atoms with E-state index in [2.05, 4.69) is 4.90 Å². The van der Waals surface area contributed by atoms with Crippen LogP contribution in [0.15, 0.2) is 29.2 Å². The number of hydrogen-bond donors (Lipinski definition) is 1. The van der Waals surface area contributed by atoms with Gasteiger partial charge in [0.15, 0.2) is 9.84 Å². The third-order valence-corrected chi connectivity index (χ3v) is 7.62. The van der Waals surface area contributed by atoms with E-state index in [9.17, 15) is 18.3 Å². The quantitative estimate of drug-likeness (QED) is 0.695. The van der Waals surface area contributed by atoms with Crippen LogP contribution in [0.5, 0.6) is 0 Å². The van der Waals surface area contributed by atoms with Crippen molar-refractivity contribution in [3.63, 3.8) is 0 Å². The Morgan fingerprint density at radius 3 is 2.37 bits per heavy atom. The zero-order chi connectivity index (χ0) is 21.9. The Morgan fingerprint density at radius 2 is 1.83 bits per heavy atom.